The Morgan fingerprint density at radius 2 is 1.62 bits per heavy atom. The van der Waals surface area contributed by atoms with Crippen LogP contribution in [0.25, 0.3) is 11.4 Å². The summed E-state index contributed by atoms with van der Waals surface area (Å²) in [5.41, 5.74) is 2.81. The molecule has 1 aromatic heterocycles. The summed E-state index contributed by atoms with van der Waals surface area (Å²) in [6, 6.07) is 5.61. The van der Waals surface area contributed by atoms with E-state index in [-0.39, 0.29) is 5.82 Å². The molecule has 0 bridgehead atoms. The highest BCUT2D eigenvalue weighted by Crippen LogP contribution is 2.39. The van der Waals surface area contributed by atoms with E-state index in [4.69, 9.17) is 0 Å². The first-order valence-corrected chi connectivity index (χ1v) is 11.8. The Kier molecular flexibility index (Phi) is 8.64. The van der Waals surface area contributed by atoms with Crippen LogP contribution in [0.3, 0.4) is 0 Å². The molecule has 1 fully saturated rings. The van der Waals surface area contributed by atoms with E-state index >= 15 is 0 Å². The van der Waals surface area contributed by atoms with Crippen LogP contribution in [0.1, 0.15) is 102 Å². The molecule has 1 aliphatic carbocycles. The fourth-order valence-corrected chi connectivity index (χ4v) is 4.63. The van der Waals surface area contributed by atoms with Gasteiger partial charge in [0.2, 0.25) is 0 Å². The average Bonchev–Trinajstić information content (AvgIpc) is 2.76. The van der Waals surface area contributed by atoms with Crippen LogP contribution in [0.5, 0.6) is 0 Å². The minimum atomic E-state index is -0.0902. The summed E-state index contributed by atoms with van der Waals surface area (Å²) in [7, 11) is 0. The van der Waals surface area contributed by atoms with Crippen molar-refractivity contribution in [2.24, 2.45) is 5.92 Å². The quantitative estimate of drug-likeness (QED) is 0.382. The van der Waals surface area contributed by atoms with E-state index in [2.05, 4.69) is 23.8 Å². The lowest BCUT2D eigenvalue weighted by molar-refractivity contribution is 0.298. The number of benzene rings is 1. The molecule has 1 aromatic carbocycles. The first-order chi connectivity index (χ1) is 14.2. The predicted octanol–water partition coefficient (Wildman–Crippen LogP) is 7.87. The van der Waals surface area contributed by atoms with Gasteiger partial charge >= 0.3 is 0 Å². The molecule has 1 saturated carbocycles. The van der Waals surface area contributed by atoms with Crippen molar-refractivity contribution in [1.29, 1.82) is 0 Å². The maximum atomic E-state index is 14.9. The number of rotatable bonds is 10. The van der Waals surface area contributed by atoms with Gasteiger partial charge in [-0.1, -0.05) is 64.5 Å². The molecule has 0 unspecified atom stereocenters. The number of unbranched alkanes of at least 4 members (excludes halogenated alkanes) is 4. The molecule has 158 valence electrons. The highest BCUT2D eigenvalue weighted by molar-refractivity contribution is 5.55. The molecule has 0 radical (unpaired) electrons. The molecular weight excluding hydrogens is 359 g/mol. The maximum absolute atomic E-state index is 14.9. The lowest BCUT2D eigenvalue weighted by Crippen LogP contribution is -2.14. The molecule has 3 heteroatoms. The molecular formula is C26H37FN2. The van der Waals surface area contributed by atoms with Crippen LogP contribution in [0.2, 0.25) is 0 Å². The monoisotopic (exact) mass is 396 g/mol. The van der Waals surface area contributed by atoms with Gasteiger partial charge in [0.1, 0.15) is 5.82 Å². The SMILES string of the molecule is CCCCCC[C@H]1CC[C@H](c2ccc(-c3ncc(CCCC)cn3)cc2F)CC1. The van der Waals surface area contributed by atoms with E-state index in [0.717, 1.165) is 54.7 Å². The Bertz CT molecular complexity index is 733. The van der Waals surface area contributed by atoms with Crippen LogP contribution < -0.4 is 0 Å². The van der Waals surface area contributed by atoms with Gasteiger partial charge < -0.3 is 0 Å². The van der Waals surface area contributed by atoms with Crippen molar-refractivity contribution in [1.82, 2.24) is 9.97 Å². The molecule has 0 aliphatic heterocycles. The summed E-state index contributed by atoms with van der Waals surface area (Å²) in [5.74, 6) is 1.75. The normalized spacial score (nSPS) is 19.4. The number of aryl methyl sites for hydroxylation is 1. The van der Waals surface area contributed by atoms with Gasteiger partial charge in [-0.25, -0.2) is 14.4 Å². The number of hydrogen-bond acceptors (Lipinski definition) is 2. The lowest BCUT2D eigenvalue weighted by Gasteiger charge is -2.29. The summed E-state index contributed by atoms with van der Waals surface area (Å²) in [4.78, 5) is 8.92. The first-order valence-electron chi connectivity index (χ1n) is 11.8. The second-order valence-electron chi connectivity index (χ2n) is 8.82. The molecule has 1 aliphatic rings. The highest BCUT2D eigenvalue weighted by Gasteiger charge is 2.24. The zero-order valence-corrected chi connectivity index (χ0v) is 18.3. The number of nitrogens with zero attached hydrogens (tertiary/aromatic N) is 2. The standard InChI is InChI=1S/C26H37FN2/c1-3-5-7-8-10-20-11-13-22(14-12-20)24-16-15-23(17-25(24)27)26-28-18-21(19-29-26)9-6-4-2/h15-20,22H,3-14H2,1-2H3/t20-,22-. The van der Waals surface area contributed by atoms with Gasteiger partial charge in [0.05, 0.1) is 0 Å². The second-order valence-corrected chi connectivity index (χ2v) is 8.82. The van der Waals surface area contributed by atoms with Crippen molar-refractivity contribution in [3.8, 4) is 11.4 Å². The Labute approximate surface area is 176 Å². The number of halogens is 1. The van der Waals surface area contributed by atoms with Crippen LogP contribution in [-0.2, 0) is 6.42 Å². The van der Waals surface area contributed by atoms with E-state index in [0.29, 0.717) is 11.7 Å². The van der Waals surface area contributed by atoms with Gasteiger partial charge in [-0.15, -0.1) is 0 Å². The number of aromatic nitrogens is 2. The van der Waals surface area contributed by atoms with Crippen LogP contribution in [0.4, 0.5) is 4.39 Å². The zero-order chi connectivity index (χ0) is 20.5. The van der Waals surface area contributed by atoms with Gasteiger partial charge in [-0.05, 0) is 67.6 Å². The van der Waals surface area contributed by atoms with Crippen molar-refractivity contribution in [3.63, 3.8) is 0 Å². The Morgan fingerprint density at radius 3 is 2.28 bits per heavy atom. The fraction of sp³-hybridized carbons (Fsp3) is 0.615. The minimum Gasteiger partial charge on any atom is -0.236 e. The Balaban J connectivity index is 1.56. The maximum Gasteiger partial charge on any atom is 0.159 e. The smallest absolute Gasteiger partial charge is 0.159 e. The largest absolute Gasteiger partial charge is 0.236 e. The van der Waals surface area contributed by atoms with Gasteiger partial charge in [0, 0.05) is 18.0 Å². The predicted molar refractivity (Wildman–Crippen MR) is 119 cm³/mol. The minimum absolute atomic E-state index is 0.0902. The third-order valence-corrected chi connectivity index (χ3v) is 6.54. The molecule has 3 rings (SSSR count). The van der Waals surface area contributed by atoms with Gasteiger partial charge in [-0.2, -0.15) is 0 Å². The van der Waals surface area contributed by atoms with Crippen molar-refractivity contribution < 1.29 is 4.39 Å². The summed E-state index contributed by atoms with van der Waals surface area (Å²) in [5, 5.41) is 0. The van der Waals surface area contributed by atoms with Gasteiger partial charge in [0.15, 0.2) is 5.82 Å². The van der Waals surface area contributed by atoms with Gasteiger partial charge in [0.25, 0.3) is 0 Å². The molecule has 29 heavy (non-hydrogen) atoms. The van der Waals surface area contributed by atoms with Crippen LogP contribution >= 0.6 is 0 Å². The molecule has 0 amide bonds. The van der Waals surface area contributed by atoms with Crippen molar-refractivity contribution in [2.75, 3.05) is 0 Å². The van der Waals surface area contributed by atoms with E-state index in [1.807, 2.05) is 24.5 Å². The molecule has 0 atom stereocenters. The molecule has 2 aromatic rings. The highest BCUT2D eigenvalue weighted by atomic mass is 19.1. The average molecular weight is 397 g/mol. The lowest BCUT2D eigenvalue weighted by atomic mass is 9.76. The summed E-state index contributed by atoms with van der Waals surface area (Å²) in [6.07, 6.45) is 18.6. The van der Waals surface area contributed by atoms with Crippen molar-refractivity contribution in [3.05, 3.63) is 47.5 Å². The van der Waals surface area contributed by atoms with E-state index in [9.17, 15) is 4.39 Å². The van der Waals surface area contributed by atoms with E-state index < -0.39 is 0 Å². The van der Waals surface area contributed by atoms with Crippen LogP contribution in [0, 0.1) is 11.7 Å². The molecule has 1 heterocycles. The van der Waals surface area contributed by atoms with Gasteiger partial charge in [-0.3, -0.25) is 0 Å². The third kappa shape index (κ3) is 6.35. The Morgan fingerprint density at radius 1 is 0.897 bits per heavy atom. The third-order valence-electron chi connectivity index (χ3n) is 6.54. The first kappa shape index (κ1) is 21.9. The molecule has 0 spiro atoms. The van der Waals surface area contributed by atoms with E-state index in [1.54, 1.807) is 6.07 Å². The summed E-state index contributed by atoms with van der Waals surface area (Å²) >= 11 is 0. The summed E-state index contributed by atoms with van der Waals surface area (Å²) < 4.78 is 14.9. The summed E-state index contributed by atoms with van der Waals surface area (Å²) in [6.45, 7) is 4.44. The van der Waals surface area contributed by atoms with Crippen molar-refractivity contribution >= 4 is 0 Å². The van der Waals surface area contributed by atoms with Crippen LogP contribution in [-0.4, -0.2) is 9.97 Å². The fourth-order valence-electron chi connectivity index (χ4n) is 4.63. The number of hydrogen-bond donors (Lipinski definition) is 0. The van der Waals surface area contributed by atoms with Crippen molar-refractivity contribution in [2.45, 2.75) is 96.8 Å². The second kappa shape index (κ2) is 11.4. The Hall–Kier alpha value is -1.77. The van der Waals surface area contributed by atoms with Crippen LogP contribution in [0.15, 0.2) is 30.6 Å². The zero-order valence-electron chi connectivity index (χ0n) is 18.3. The molecule has 2 nitrogen and oxygen atoms in total. The molecule has 0 N–H and O–H groups in total. The topological polar surface area (TPSA) is 25.8 Å². The molecule has 0 saturated heterocycles. The van der Waals surface area contributed by atoms with E-state index in [1.165, 1.54) is 44.9 Å².